The molecule has 1 N–H and O–H groups in total. The number of rotatable bonds is 4. The van der Waals surface area contributed by atoms with E-state index in [-0.39, 0.29) is 12.2 Å². The van der Waals surface area contributed by atoms with Crippen LogP contribution in [0.1, 0.15) is 46.1 Å². The molecule has 3 atom stereocenters. The van der Waals surface area contributed by atoms with Gasteiger partial charge in [0.05, 0.1) is 0 Å². The average Bonchev–Trinajstić information content (AvgIpc) is 3.06. The summed E-state index contributed by atoms with van der Waals surface area (Å²) in [4.78, 5) is 0. The van der Waals surface area contributed by atoms with E-state index in [0.717, 1.165) is 22.3 Å². The lowest BCUT2D eigenvalue weighted by Gasteiger charge is -2.20. The van der Waals surface area contributed by atoms with Crippen LogP contribution in [0.5, 0.6) is 0 Å². The number of aryl methyl sites for hydroxylation is 1. The number of ether oxygens (including phenoxy) is 1. The Hall–Kier alpha value is -2.68. The van der Waals surface area contributed by atoms with E-state index in [2.05, 4.69) is 30.4 Å². The Kier molecular flexibility index (Phi) is 4.70. The van der Waals surface area contributed by atoms with Gasteiger partial charge in [-0.25, -0.2) is 0 Å². The highest BCUT2D eigenvalue weighted by molar-refractivity contribution is 5.51. The van der Waals surface area contributed by atoms with Crippen LogP contribution in [0.4, 0.5) is 0 Å². The van der Waals surface area contributed by atoms with Crippen LogP contribution in [0, 0.1) is 6.92 Å². The van der Waals surface area contributed by atoms with Crippen LogP contribution in [0.15, 0.2) is 84.9 Å². The molecule has 1 heterocycles. The van der Waals surface area contributed by atoms with Gasteiger partial charge in [0.25, 0.3) is 0 Å². The fourth-order valence-electron chi connectivity index (χ4n) is 3.43. The predicted molar refractivity (Wildman–Crippen MR) is 105 cm³/mol. The van der Waals surface area contributed by atoms with E-state index in [1.54, 1.807) is 0 Å². The first-order valence-corrected chi connectivity index (χ1v) is 8.94. The molecule has 3 aromatic rings. The van der Waals surface area contributed by atoms with Crippen molar-refractivity contribution in [1.82, 2.24) is 0 Å². The minimum atomic E-state index is -0.688. The number of hydrogen-bond acceptors (Lipinski definition) is 2. The van der Waals surface area contributed by atoms with Crippen molar-refractivity contribution in [2.45, 2.75) is 25.2 Å². The maximum Gasteiger partial charge on any atom is 0.114 e. The van der Waals surface area contributed by atoms with Gasteiger partial charge in [0.15, 0.2) is 0 Å². The Morgan fingerprint density at radius 3 is 2.23 bits per heavy atom. The third-order valence-corrected chi connectivity index (χ3v) is 4.87. The summed E-state index contributed by atoms with van der Waals surface area (Å²) < 4.78 is 6.26. The van der Waals surface area contributed by atoms with Crippen LogP contribution in [-0.4, -0.2) is 5.11 Å². The second kappa shape index (κ2) is 7.28. The summed E-state index contributed by atoms with van der Waals surface area (Å²) in [5.74, 6) is 0. The van der Waals surface area contributed by atoms with Crippen molar-refractivity contribution < 1.29 is 9.84 Å². The van der Waals surface area contributed by atoms with Crippen molar-refractivity contribution in [2.24, 2.45) is 0 Å². The normalized spacial score (nSPS) is 20.2. The van der Waals surface area contributed by atoms with Crippen LogP contribution < -0.4 is 0 Å². The Bertz CT molecular complexity index is 897. The number of fused-ring (bicyclic) bond motifs is 1. The lowest BCUT2D eigenvalue weighted by molar-refractivity contribution is -0.0469. The maximum absolute atomic E-state index is 10.9. The average molecular weight is 342 g/mol. The SMILES string of the molecule is Cc1ccc([C@@H](O)[C@H]2O[C@@H](/C=C/c3ccccc3)c3ccccc32)cc1. The first-order valence-electron chi connectivity index (χ1n) is 8.94. The molecule has 130 valence electrons. The molecule has 0 radical (unpaired) electrons. The topological polar surface area (TPSA) is 29.5 Å². The molecule has 3 aromatic carbocycles. The second-order valence-corrected chi connectivity index (χ2v) is 6.73. The molecule has 1 aliphatic rings. The summed E-state index contributed by atoms with van der Waals surface area (Å²) in [6, 6.07) is 26.3. The summed E-state index contributed by atoms with van der Waals surface area (Å²) in [6.45, 7) is 2.04. The first-order chi connectivity index (χ1) is 12.7. The van der Waals surface area contributed by atoms with Gasteiger partial charge < -0.3 is 9.84 Å². The van der Waals surface area contributed by atoms with Crippen molar-refractivity contribution >= 4 is 6.08 Å². The maximum atomic E-state index is 10.9. The quantitative estimate of drug-likeness (QED) is 0.673. The van der Waals surface area contributed by atoms with Crippen molar-refractivity contribution in [2.75, 3.05) is 0 Å². The molecule has 2 nitrogen and oxygen atoms in total. The zero-order valence-corrected chi connectivity index (χ0v) is 14.7. The van der Waals surface area contributed by atoms with Gasteiger partial charge in [-0.15, -0.1) is 0 Å². The van der Waals surface area contributed by atoms with E-state index in [1.165, 1.54) is 5.56 Å². The fraction of sp³-hybridized carbons (Fsp3) is 0.167. The molecule has 0 saturated carbocycles. The molecular formula is C24H22O2. The monoisotopic (exact) mass is 342 g/mol. The van der Waals surface area contributed by atoms with E-state index in [9.17, 15) is 5.11 Å². The summed E-state index contributed by atoms with van der Waals surface area (Å²) in [7, 11) is 0. The van der Waals surface area contributed by atoms with Crippen molar-refractivity contribution in [3.63, 3.8) is 0 Å². The molecule has 1 aliphatic heterocycles. The van der Waals surface area contributed by atoms with Gasteiger partial charge in [-0.3, -0.25) is 0 Å². The Morgan fingerprint density at radius 1 is 0.846 bits per heavy atom. The summed E-state index contributed by atoms with van der Waals surface area (Å²) in [5, 5.41) is 10.9. The van der Waals surface area contributed by atoms with E-state index in [1.807, 2.05) is 67.6 Å². The molecule has 0 fully saturated rings. The van der Waals surface area contributed by atoms with Crippen LogP contribution in [0.25, 0.3) is 6.08 Å². The van der Waals surface area contributed by atoms with E-state index >= 15 is 0 Å². The fourth-order valence-corrected chi connectivity index (χ4v) is 3.43. The van der Waals surface area contributed by atoms with Crippen LogP contribution in [0.3, 0.4) is 0 Å². The van der Waals surface area contributed by atoms with Crippen molar-refractivity contribution in [1.29, 1.82) is 0 Å². The highest BCUT2D eigenvalue weighted by atomic mass is 16.5. The lowest BCUT2D eigenvalue weighted by Crippen LogP contribution is -2.10. The van der Waals surface area contributed by atoms with Crippen LogP contribution in [0.2, 0.25) is 0 Å². The second-order valence-electron chi connectivity index (χ2n) is 6.73. The van der Waals surface area contributed by atoms with Gasteiger partial charge in [0.1, 0.15) is 18.3 Å². The minimum Gasteiger partial charge on any atom is -0.385 e. The van der Waals surface area contributed by atoms with Crippen molar-refractivity contribution in [3.8, 4) is 0 Å². The van der Waals surface area contributed by atoms with Gasteiger partial charge in [-0.1, -0.05) is 96.6 Å². The lowest BCUT2D eigenvalue weighted by atomic mass is 9.95. The molecule has 0 saturated heterocycles. The number of benzene rings is 3. The van der Waals surface area contributed by atoms with Crippen molar-refractivity contribution in [3.05, 3.63) is 113 Å². The van der Waals surface area contributed by atoms with Gasteiger partial charge >= 0.3 is 0 Å². The summed E-state index contributed by atoms with van der Waals surface area (Å²) in [6.07, 6.45) is 2.93. The summed E-state index contributed by atoms with van der Waals surface area (Å²) >= 11 is 0. The van der Waals surface area contributed by atoms with Gasteiger partial charge in [0.2, 0.25) is 0 Å². The van der Waals surface area contributed by atoms with Gasteiger partial charge in [0, 0.05) is 0 Å². The molecule has 26 heavy (non-hydrogen) atoms. The van der Waals surface area contributed by atoms with E-state index in [4.69, 9.17) is 4.74 Å². The standard InChI is InChI=1S/C24H22O2/c1-17-11-14-19(15-12-17)23(25)24-21-10-6-5-9-20(21)22(26-24)16-13-18-7-3-2-4-8-18/h2-16,22-25H,1H3/b16-13+/t22-,23+,24-/m0/s1. The zero-order chi connectivity index (χ0) is 17.9. The Balaban J connectivity index is 1.62. The Labute approximate surface area is 154 Å². The van der Waals surface area contributed by atoms with Gasteiger partial charge in [-0.2, -0.15) is 0 Å². The molecule has 2 heteroatoms. The first kappa shape index (κ1) is 16.8. The molecule has 0 amide bonds. The zero-order valence-electron chi connectivity index (χ0n) is 14.7. The van der Waals surface area contributed by atoms with Crippen LogP contribution in [-0.2, 0) is 4.74 Å². The molecule has 4 rings (SSSR count). The third kappa shape index (κ3) is 3.34. The molecule has 0 bridgehead atoms. The van der Waals surface area contributed by atoms with E-state index < -0.39 is 6.10 Å². The largest absolute Gasteiger partial charge is 0.385 e. The predicted octanol–water partition coefficient (Wildman–Crippen LogP) is 5.55. The van der Waals surface area contributed by atoms with Crippen LogP contribution >= 0.6 is 0 Å². The number of hydrogen-bond donors (Lipinski definition) is 1. The highest BCUT2D eigenvalue weighted by Crippen LogP contribution is 2.45. The number of aliphatic hydroxyl groups is 1. The highest BCUT2D eigenvalue weighted by Gasteiger charge is 2.35. The van der Waals surface area contributed by atoms with Gasteiger partial charge in [-0.05, 0) is 29.2 Å². The smallest absolute Gasteiger partial charge is 0.114 e. The Morgan fingerprint density at radius 2 is 1.50 bits per heavy atom. The van der Waals surface area contributed by atoms with E-state index in [0.29, 0.717) is 0 Å². The molecule has 0 aromatic heterocycles. The molecule has 0 aliphatic carbocycles. The molecule has 0 spiro atoms. The third-order valence-electron chi connectivity index (χ3n) is 4.87. The molecule has 0 unspecified atom stereocenters. The number of aliphatic hydroxyl groups excluding tert-OH is 1. The summed E-state index contributed by atoms with van der Waals surface area (Å²) in [5.41, 5.74) is 5.37. The molecular weight excluding hydrogens is 320 g/mol. The minimum absolute atomic E-state index is 0.156.